The van der Waals surface area contributed by atoms with Crippen LogP contribution in [0, 0.1) is 27.2 Å². The quantitative estimate of drug-likeness (QED) is 0.334. The van der Waals surface area contributed by atoms with Crippen LogP contribution in [0.25, 0.3) is 0 Å². The van der Waals surface area contributed by atoms with Gasteiger partial charge in [0.05, 0.1) is 20.5 Å². The maximum absolute atomic E-state index is 13.0. The number of non-ortho nitro benzene ring substituents is 2. The van der Waals surface area contributed by atoms with Crippen LogP contribution in [0.3, 0.4) is 0 Å². The zero-order valence-electron chi connectivity index (χ0n) is 17.0. The lowest BCUT2D eigenvalue weighted by molar-refractivity contribution is -0.385. The van der Waals surface area contributed by atoms with Crippen LogP contribution in [0.15, 0.2) is 52.3 Å². The first-order valence-corrected chi connectivity index (χ1v) is 11.9. The number of rotatable bonds is 7. The number of aryl methyl sites for hydroxylation is 1. The van der Waals surface area contributed by atoms with Crippen molar-refractivity contribution in [2.45, 2.75) is 16.7 Å². The fourth-order valence-corrected chi connectivity index (χ4v) is 5.67. The van der Waals surface area contributed by atoms with Gasteiger partial charge < -0.3 is 4.90 Å². The minimum atomic E-state index is -3.93. The molecule has 0 spiro atoms. The number of hydrogen-bond acceptors (Lipinski definition) is 8. The summed E-state index contributed by atoms with van der Waals surface area (Å²) in [4.78, 5) is 35.2. The van der Waals surface area contributed by atoms with Crippen LogP contribution < -0.4 is 0 Å². The molecule has 170 valence electrons. The lowest BCUT2D eigenvalue weighted by Gasteiger charge is -2.34. The fourth-order valence-electron chi connectivity index (χ4n) is 3.20. The van der Waals surface area contributed by atoms with Gasteiger partial charge in [-0.1, -0.05) is 6.07 Å². The van der Waals surface area contributed by atoms with E-state index in [1.165, 1.54) is 40.3 Å². The SMILES string of the molecule is Cc1ccc([N+](=O)[O-])cc1S(=O)(=O)N1CCN(C(=O)CSc2ccc([N+](=O)[O-])cc2)CC1. The van der Waals surface area contributed by atoms with Crippen LogP contribution >= 0.6 is 11.8 Å². The van der Waals surface area contributed by atoms with Crippen molar-refractivity contribution in [3.8, 4) is 0 Å². The van der Waals surface area contributed by atoms with Gasteiger partial charge >= 0.3 is 0 Å². The number of nitro benzene ring substituents is 2. The van der Waals surface area contributed by atoms with Gasteiger partial charge in [-0.15, -0.1) is 11.8 Å². The lowest BCUT2D eigenvalue weighted by atomic mass is 10.2. The summed E-state index contributed by atoms with van der Waals surface area (Å²) in [7, 11) is -3.93. The summed E-state index contributed by atoms with van der Waals surface area (Å²) in [5, 5.41) is 21.7. The van der Waals surface area contributed by atoms with Crippen molar-refractivity contribution in [2.75, 3.05) is 31.9 Å². The Kier molecular flexibility index (Phi) is 7.11. The number of carbonyl (C=O) groups is 1. The number of amides is 1. The third-order valence-corrected chi connectivity index (χ3v) is 8.04. The highest BCUT2D eigenvalue weighted by molar-refractivity contribution is 8.00. The van der Waals surface area contributed by atoms with E-state index in [1.54, 1.807) is 24.0 Å². The van der Waals surface area contributed by atoms with Gasteiger partial charge in [0.25, 0.3) is 11.4 Å². The van der Waals surface area contributed by atoms with Crippen molar-refractivity contribution in [1.29, 1.82) is 0 Å². The smallest absolute Gasteiger partial charge is 0.270 e. The number of benzene rings is 2. The van der Waals surface area contributed by atoms with Gasteiger partial charge in [-0.05, 0) is 24.6 Å². The van der Waals surface area contributed by atoms with Gasteiger partial charge in [0.1, 0.15) is 0 Å². The lowest BCUT2D eigenvalue weighted by Crippen LogP contribution is -2.51. The van der Waals surface area contributed by atoms with Gasteiger partial charge in [-0.2, -0.15) is 4.31 Å². The van der Waals surface area contributed by atoms with Crippen molar-refractivity contribution >= 4 is 39.1 Å². The van der Waals surface area contributed by atoms with E-state index >= 15 is 0 Å². The van der Waals surface area contributed by atoms with Crippen LogP contribution in [0.1, 0.15) is 5.56 Å². The molecule has 1 saturated heterocycles. The average molecular weight is 481 g/mol. The Morgan fingerprint density at radius 2 is 1.53 bits per heavy atom. The van der Waals surface area contributed by atoms with E-state index in [0.717, 1.165) is 6.07 Å². The molecule has 0 aliphatic carbocycles. The number of thioether (sulfide) groups is 1. The summed E-state index contributed by atoms with van der Waals surface area (Å²) >= 11 is 1.24. The highest BCUT2D eigenvalue weighted by Gasteiger charge is 2.32. The standard InChI is InChI=1S/C19H20N4O7S2/c1-14-2-3-16(23(27)28)12-18(14)32(29,30)21-10-8-20(9-11-21)19(24)13-31-17-6-4-15(5-7-17)22(25)26/h2-7,12H,8-11,13H2,1H3. The van der Waals surface area contributed by atoms with E-state index in [2.05, 4.69) is 0 Å². The van der Waals surface area contributed by atoms with Gasteiger partial charge in [0, 0.05) is 55.3 Å². The molecule has 2 aromatic rings. The number of hydrogen-bond donors (Lipinski definition) is 0. The zero-order chi connectivity index (χ0) is 23.5. The summed E-state index contributed by atoms with van der Waals surface area (Å²) < 4.78 is 27.2. The molecule has 0 N–H and O–H groups in total. The fraction of sp³-hybridized carbons (Fsp3) is 0.316. The second-order valence-corrected chi connectivity index (χ2v) is 9.99. The first-order chi connectivity index (χ1) is 15.1. The normalized spacial score (nSPS) is 14.8. The molecule has 1 amide bonds. The van der Waals surface area contributed by atoms with E-state index in [-0.39, 0.29) is 54.1 Å². The first-order valence-electron chi connectivity index (χ1n) is 9.50. The summed E-state index contributed by atoms with van der Waals surface area (Å²) in [6.45, 7) is 2.14. The highest BCUT2D eigenvalue weighted by Crippen LogP contribution is 2.26. The largest absolute Gasteiger partial charge is 0.339 e. The topological polar surface area (TPSA) is 144 Å². The summed E-state index contributed by atoms with van der Waals surface area (Å²) in [5.41, 5.74) is 0.0804. The molecular formula is C19H20N4O7S2. The molecular weight excluding hydrogens is 460 g/mol. The molecule has 0 unspecified atom stereocenters. The molecule has 2 aromatic carbocycles. The molecule has 0 bridgehead atoms. The van der Waals surface area contributed by atoms with Crippen molar-refractivity contribution in [3.63, 3.8) is 0 Å². The second kappa shape index (κ2) is 9.63. The number of nitrogens with zero attached hydrogens (tertiary/aromatic N) is 4. The Morgan fingerprint density at radius 1 is 0.969 bits per heavy atom. The Bertz CT molecular complexity index is 1140. The minimum Gasteiger partial charge on any atom is -0.339 e. The van der Waals surface area contributed by atoms with Crippen LogP contribution in [-0.4, -0.2) is 65.3 Å². The molecule has 1 heterocycles. The van der Waals surface area contributed by atoms with E-state index in [0.29, 0.717) is 10.5 Å². The summed E-state index contributed by atoms with van der Waals surface area (Å²) in [6, 6.07) is 9.60. The molecule has 3 rings (SSSR count). The van der Waals surface area contributed by atoms with Crippen molar-refractivity contribution in [2.24, 2.45) is 0 Å². The maximum Gasteiger partial charge on any atom is 0.270 e. The van der Waals surface area contributed by atoms with E-state index in [1.807, 2.05) is 0 Å². The van der Waals surface area contributed by atoms with Gasteiger partial charge in [0.2, 0.25) is 15.9 Å². The molecule has 0 saturated carbocycles. The van der Waals surface area contributed by atoms with E-state index in [4.69, 9.17) is 0 Å². The van der Waals surface area contributed by atoms with E-state index in [9.17, 15) is 33.4 Å². The monoisotopic (exact) mass is 480 g/mol. The molecule has 13 heteroatoms. The third kappa shape index (κ3) is 5.23. The Balaban J connectivity index is 1.59. The number of sulfonamides is 1. The molecule has 32 heavy (non-hydrogen) atoms. The Labute approximate surface area is 188 Å². The van der Waals surface area contributed by atoms with E-state index < -0.39 is 19.9 Å². The van der Waals surface area contributed by atoms with Gasteiger partial charge in [-0.3, -0.25) is 25.0 Å². The summed E-state index contributed by atoms with van der Waals surface area (Å²) in [5.74, 6) is -0.0499. The molecule has 0 atom stereocenters. The summed E-state index contributed by atoms with van der Waals surface area (Å²) in [6.07, 6.45) is 0. The highest BCUT2D eigenvalue weighted by atomic mass is 32.2. The zero-order valence-corrected chi connectivity index (χ0v) is 18.7. The molecule has 0 aromatic heterocycles. The van der Waals surface area contributed by atoms with Gasteiger partial charge in [-0.25, -0.2) is 8.42 Å². The van der Waals surface area contributed by atoms with Gasteiger partial charge in [0.15, 0.2) is 0 Å². The Morgan fingerprint density at radius 3 is 2.09 bits per heavy atom. The molecule has 0 radical (unpaired) electrons. The molecule has 1 aliphatic heterocycles. The predicted molar refractivity (Wildman–Crippen MR) is 117 cm³/mol. The Hall–Kier alpha value is -3.03. The number of carbonyl (C=O) groups excluding carboxylic acids is 1. The maximum atomic E-state index is 13.0. The number of nitro groups is 2. The van der Waals surface area contributed by atoms with Crippen molar-refractivity contribution in [3.05, 3.63) is 68.3 Å². The predicted octanol–water partition coefficient (Wildman–Crippen LogP) is 2.44. The second-order valence-electron chi connectivity index (χ2n) is 7.03. The van der Waals surface area contributed by atoms with Crippen LogP contribution in [0.2, 0.25) is 0 Å². The third-order valence-electron chi connectivity index (χ3n) is 5.00. The minimum absolute atomic E-state index is 0.0306. The molecule has 11 nitrogen and oxygen atoms in total. The molecule has 1 fully saturated rings. The molecule has 1 aliphatic rings. The average Bonchev–Trinajstić information content (AvgIpc) is 2.77. The van der Waals surface area contributed by atoms with Crippen LogP contribution in [-0.2, 0) is 14.8 Å². The van der Waals surface area contributed by atoms with Crippen molar-refractivity contribution in [1.82, 2.24) is 9.21 Å². The van der Waals surface area contributed by atoms with Crippen LogP contribution in [0.5, 0.6) is 0 Å². The first kappa shape index (κ1) is 23.6. The van der Waals surface area contributed by atoms with Crippen LogP contribution in [0.4, 0.5) is 11.4 Å². The van der Waals surface area contributed by atoms with Crippen molar-refractivity contribution < 1.29 is 23.1 Å². The number of piperazine rings is 1.